The topological polar surface area (TPSA) is 98.6 Å². The minimum atomic E-state index is -0.945. The van der Waals surface area contributed by atoms with Crippen LogP contribution in [0, 0.1) is 0 Å². The van der Waals surface area contributed by atoms with Crippen molar-refractivity contribution >= 4 is 34.9 Å². The first kappa shape index (κ1) is 44.4. The number of hydrogen-bond donors (Lipinski definition) is 4. The Morgan fingerprint density at radius 3 is 0.757 bits per heavy atom. The third-order valence-corrected chi connectivity index (χ3v) is 12.0. The Labute approximate surface area is 409 Å². The molecule has 0 aliphatic rings. The van der Waals surface area contributed by atoms with Crippen LogP contribution < -0.4 is 21.3 Å². The van der Waals surface area contributed by atoms with Crippen LogP contribution in [0.15, 0.2) is 289 Å². The number of guanidine groups is 2. The van der Waals surface area contributed by atoms with Crippen molar-refractivity contribution in [3.63, 3.8) is 0 Å². The van der Waals surface area contributed by atoms with E-state index < -0.39 is 11.1 Å². The molecule has 0 saturated heterocycles. The third-order valence-electron chi connectivity index (χ3n) is 12.0. The molecule has 0 amide bonds. The largest absolute Gasteiger partial charge is 0.326 e. The van der Waals surface area contributed by atoms with Gasteiger partial charge in [-0.15, -0.1) is 0 Å². The van der Waals surface area contributed by atoms with Gasteiger partial charge in [0, 0.05) is 11.4 Å². The zero-order valence-electron chi connectivity index (χ0n) is 38.3. The molecular weight excluding hydrogens is 857 g/mol. The van der Waals surface area contributed by atoms with E-state index in [9.17, 15) is 0 Å². The summed E-state index contributed by atoms with van der Waals surface area (Å²) < 4.78 is 0. The fourth-order valence-electron chi connectivity index (χ4n) is 8.83. The molecule has 0 spiro atoms. The summed E-state index contributed by atoms with van der Waals surface area (Å²) in [6.45, 7) is 0. The highest BCUT2D eigenvalue weighted by Gasteiger charge is 2.38. The summed E-state index contributed by atoms with van der Waals surface area (Å²) in [4.78, 5) is 21.7. The molecule has 0 saturated carbocycles. The van der Waals surface area contributed by atoms with Crippen molar-refractivity contribution in [2.75, 3.05) is 21.3 Å². The van der Waals surface area contributed by atoms with Crippen LogP contribution in [0.5, 0.6) is 0 Å². The Kier molecular flexibility index (Phi) is 13.4. The average Bonchev–Trinajstić information content (AvgIpc) is 3.44. The Bertz CT molecular complexity index is 2870. The lowest BCUT2D eigenvalue weighted by atomic mass is 9.77. The quantitative estimate of drug-likeness (QED) is 0.0523. The summed E-state index contributed by atoms with van der Waals surface area (Å²) in [5.41, 5.74) is 7.22. The molecule has 0 radical (unpaired) electrons. The predicted molar refractivity (Wildman–Crippen MR) is 288 cm³/mol. The number of benzene rings is 8. The van der Waals surface area contributed by atoms with Gasteiger partial charge in [-0.05, 0) is 81.9 Å². The molecule has 0 unspecified atom stereocenters. The van der Waals surface area contributed by atoms with Crippen molar-refractivity contribution in [1.82, 2.24) is 9.97 Å². The number of aliphatic imine (C=N–C) groups is 2. The van der Waals surface area contributed by atoms with Gasteiger partial charge in [0.15, 0.2) is 0 Å². The molecule has 10 rings (SSSR count). The van der Waals surface area contributed by atoms with Gasteiger partial charge in [-0.2, -0.15) is 0 Å². The maximum atomic E-state index is 5.70. The van der Waals surface area contributed by atoms with Crippen LogP contribution in [-0.4, -0.2) is 21.9 Å². The molecule has 0 aliphatic carbocycles. The number of para-hydroxylation sites is 2. The van der Waals surface area contributed by atoms with Crippen LogP contribution in [0.3, 0.4) is 0 Å². The lowest BCUT2D eigenvalue weighted by molar-refractivity contribution is 0.656. The second-order valence-electron chi connectivity index (χ2n) is 16.6. The Morgan fingerprint density at radius 1 is 0.257 bits per heavy atom. The number of nitrogens with one attached hydrogen (secondary N) is 4. The number of aromatic nitrogens is 2. The molecule has 2 aromatic heterocycles. The molecule has 0 bridgehead atoms. The maximum absolute atomic E-state index is 5.70. The maximum Gasteiger partial charge on any atom is 0.203 e. The minimum absolute atomic E-state index is 0.502. The van der Waals surface area contributed by atoms with Crippen LogP contribution in [0.2, 0.25) is 0 Å². The minimum Gasteiger partial charge on any atom is -0.326 e. The fraction of sp³-hybridized carbons (Fsp3) is 0.0323. The zero-order valence-corrected chi connectivity index (χ0v) is 38.3. The molecule has 0 atom stereocenters. The number of hydrogen-bond acceptors (Lipinski definition) is 4. The highest BCUT2D eigenvalue weighted by atomic mass is 15.2. The van der Waals surface area contributed by atoms with Crippen LogP contribution >= 0.6 is 0 Å². The first-order chi connectivity index (χ1) is 34.7. The van der Waals surface area contributed by atoms with Gasteiger partial charge in [0.05, 0.1) is 11.4 Å². The molecule has 4 N–H and O–H groups in total. The summed E-state index contributed by atoms with van der Waals surface area (Å²) in [7, 11) is 0. The highest BCUT2D eigenvalue weighted by molar-refractivity contribution is 6.04. The van der Waals surface area contributed by atoms with Crippen molar-refractivity contribution < 1.29 is 0 Å². The van der Waals surface area contributed by atoms with Gasteiger partial charge in [0.25, 0.3) is 0 Å². The van der Waals surface area contributed by atoms with E-state index in [4.69, 9.17) is 20.0 Å². The number of rotatable bonds is 13. The van der Waals surface area contributed by atoms with Gasteiger partial charge in [0.1, 0.15) is 22.7 Å². The van der Waals surface area contributed by atoms with E-state index in [-0.39, 0.29) is 0 Å². The van der Waals surface area contributed by atoms with Gasteiger partial charge in [-0.1, -0.05) is 231 Å². The lowest BCUT2D eigenvalue weighted by Gasteiger charge is -2.33. The number of anilines is 4. The number of pyridine rings is 2. The smallest absolute Gasteiger partial charge is 0.203 e. The van der Waals surface area contributed by atoms with Crippen LogP contribution in [0.4, 0.5) is 23.0 Å². The molecule has 8 aromatic carbocycles. The van der Waals surface area contributed by atoms with Crippen molar-refractivity contribution in [1.29, 1.82) is 0 Å². The molecule has 8 heteroatoms. The molecule has 0 aliphatic heterocycles. The highest BCUT2D eigenvalue weighted by Crippen LogP contribution is 2.42. The Morgan fingerprint density at radius 2 is 0.500 bits per heavy atom. The van der Waals surface area contributed by atoms with Crippen molar-refractivity contribution in [3.05, 3.63) is 312 Å². The summed E-state index contributed by atoms with van der Waals surface area (Å²) in [6, 6.07) is 94.3. The van der Waals surface area contributed by atoms with Gasteiger partial charge >= 0.3 is 0 Å². The van der Waals surface area contributed by atoms with E-state index >= 15 is 0 Å². The second kappa shape index (κ2) is 21.1. The SMILES string of the molecule is c1ccc(NC(=NC(c2ccccc2)(c2ccccc2)c2ccccc2)Nc2cccc(-c3cccc(NC(=NC(c4ccccc4)(c4ccccc4)c4ccccc4)Nc4ccccc4)n3)n2)cc1. The van der Waals surface area contributed by atoms with E-state index in [1.807, 2.05) is 133 Å². The van der Waals surface area contributed by atoms with Crippen molar-refractivity contribution in [2.24, 2.45) is 9.98 Å². The van der Waals surface area contributed by atoms with E-state index in [1.54, 1.807) is 0 Å². The Hall–Kier alpha value is -9.40. The first-order valence-corrected chi connectivity index (χ1v) is 23.3. The Balaban J connectivity index is 1.06. The van der Waals surface area contributed by atoms with Gasteiger partial charge < -0.3 is 21.3 Å². The second-order valence-corrected chi connectivity index (χ2v) is 16.6. The van der Waals surface area contributed by atoms with Gasteiger partial charge in [-0.3, -0.25) is 0 Å². The predicted octanol–water partition coefficient (Wildman–Crippen LogP) is 13.9. The fourth-order valence-corrected chi connectivity index (χ4v) is 8.83. The van der Waals surface area contributed by atoms with Gasteiger partial charge in [0.2, 0.25) is 11.9 Å². The zero-order chi connectivity index (χ0) is 47.3. The number of nitrogens with zero attached hydrogens (tertiary/aromatic N) is 4. The summed E-state index contributed by atoms with van der Waals surface area (Å²) in [5, 5.41) is 14.4. The molecule has 338 valence electrons. The van der Waals surface area contributed by atoms with Crippen molar-refractivity contribution in [3.8, 4) is 11.4 Å². The van der Waals surface area contributed by atoms with E-state index in [1.165, 1.54) is 0 Å². The molecule has 70 heavy (non-hydrogen) atoms. The molecule has 8 nitrogen and oxygen atoms in total. The van der Waals surface area contributed by atoms with Gasteiger partial charge in [-0.25, -0.2) is 20.0 Å². The van der Waals surface area contributed by atoms with E-state index in [0.29, 0.717) is 34.9 Å². The standard InChI is InChI=1S/C62H50N8/c1-9-27-47(28-10-1)61(48-29-11-2-12-30-48,49-31-13-3-14-32-49)69-59(63-53-39-21-7-22-40-53)67-57-45-25-43-55(65-57)56-44-26-46-58(66-56)68-60(64-54-41-23-8-24-42-54)70-62(50-33-15-4-16-34-50,51-35-17-5-18-36-51)52-37-19-6-20-38-52/h1-46H,(H2,63,65,67,69)(H2,64,66,68,70). The monoisotopic (exact) mass is 906 g/mol. The van der Waals surface area contributed by atoms with E-state index in [0.717, 1.165) is 44.8 Å². The lowest BCUT2D eigenvalue weighted by Crippen LogP contribution is -2.33. The van der Waals surface area contributed by atoms with Crippen LogP contribution in [0.1, 0.15) is 33.4 Å². The molecule has 0 fully saturated rings. The normalized spacial score (nSPS) is 11.9. The van der Waals surface area contributed by atoms with Crippen molar-refractivity contribution in [2.45, 2.75) is 11.1 Å². The van der Waals surface area contributed by atoms with Crippen LogP contribution in [0.25, 0.3) is 11.4 Å². The summed E-state index contributed by atoms with van der Waals surface area (Å²) >= 11 is 0. The molecule has 2 heterocycles. The average molecular weight is 907 g/mol. The first-order valence-electron chi connectivity index (χ1n) is 23.3. The van der Waals surface area contributed by atoms with Crippen LogP contribution in [-0.2, 0) is 11.1 Å². The molecule has 10 aromatic rings. The van der Waals surface area contributed by atoms with E-state index in [2.05, 4.69) is 167 Å². The third kappa shape index (κ3) is 9.83. The summed E-state index contributed by atoms with van der Waals surface area (Å²) in [5.74, 6) is 2.16. The summed E-state index contributed by atoms with van der Waals surface area (Å²) in [6.07, 6.45) is 0. The molecular formula is C62H50N8.